The molecule has 0 aliphatic rings. The summed E-state index contributed by atoms with van der Waals surface area (Å²) in [5, 5.41) is 0. The van der Waals surface area contributed by atoms with Crippen molar-refractivity contribution in [2.45, 2.75) is 24.3 Å². The van der Waals surface area contributed by atoms with Gasteiger partial charge in [0.05, 0.1) is 10.9 Å². The topological polar surface area (TPSA) is 74.8 Å². The van der Waals surface area contributed by atoms with Gasteiger partial charge in [0.2, 0.25) is 10.0 Å². The Labute approximate surface area is 126 Å². The molecule has 1 unspecified atom stereocenters. The predicted molar refractivity (Wildman–Crippen MR) is 81.1 cm³/mol. The van der Waals surface area contributed by atoms with Crippen LogP contribution in [0.5, 0.6) is 0 Å². The first kappa shape index (κ1) is 14.5. The molecule has 1 atom stereocenters. The van der Waals surface area contributed by atoms with Crippen LogP contribution in [0.4, 0.5) is 0 Å². The van der Waals surface area contributed by atoms with Crippen LogP contribution in [0.15, 0.2) is 41.6 Å². The van der Waals surface area contributed by atoms with Crippen LogP contribution in [0.2, 0.25) is 0 Å². The van der Waals surface area contributed by atoms with E-state index in [1.54, 1.807) is 36.7 Å². The van der Waals surface area contributed by atoms with Crippen LogP contribution in [0.25, 0.3) is 0 Å². The number of nitrogens with zero attached hydrogens (tertiary/aromatic N) is 1. The lowest BCUT2D eigenvalue weighted by atomic mass is 10.2. The minimum Gasteiger partial charge on any atom is -0.347 e. The maximum atomic E-state index is 12.3. The second-order valence-electron chi connectivity index (χ2n) is 4.01. The highest BCUT2D eigenvalue weighted by Crippen LogP contribution is 2.18. The van der Waals surface area contributed by atoms with Gasteiger partial charge in [-0.2, -0.15) is 0 Å². The molecule has 0 saturated heterocycles. The number of aromatic nitrogens is 2. The molecule has 0 radical (unpaired) electrons. The monoisotopic (exact) mass is 391 g/mol. The Morgan fingerprint density at radius 1 is 1.37 bits per heavy atom. The summed E-state index contributed by atoms with van der Waals surface area (Å²) < 4.78 is 28.2. The maximum Gasteiger partial charge on any atom is 0.241 e. The van der Waals surface area contributed by atoms with Crippen molar-refractivity contribution in [2.24, 2.45) is 0 Å². The number of hydrogen-bond donors (Lipinski definition) is 2. The Morgan fingerprint density at radius 2 is 2.05 bits per heavy atom. The molecule has 7 heteroatoms. The van der Waals surface area contributed by atoms with E-state index in [1.807, 2.05) is 6.92 Å². The second kappa shape index (κ2) is 6.02. The van der Waals surface area contributed by atoms with E-state index in [4.69, 9.17) is 0 Å². The van der Waals surface area contributed by atoms with E-state index < -0.39 is 10.0 Å². The lowest BCUT2D eigenvalue weighted by Gasteiger charge is -2.15. The summed E-state index contributed by atoms with van der Waals surface area (Å²) in [6.45, 7) is 1.91. The van der Waals surface area contributed by atoms with Gasteiger partial charge in [0, 0.05) is 16.0 Å². The lowest BCUT2D eigenvalue weighted by Crippen LogP contribution is -2.29. The first-order chi connectivity index (χ1) is 9.03. The zero-order valence-corrected chi connectivity index (χ0v) is 13.3. The molecular weight excluding hydrogens is 377 g/mol. The zero-order chi connectivity index (χ0) is 13.9. The molecule has 0 bridgehead atoms. The minimum absolute atomic E-state index is 0.262. The molecule has 0 spiro atoms. The molecule has 19 heavy (non-hydrogen) atoms. The van der Waals surface area contributed by atoms with Gasteiger partial charge < -0.3 is 4.98 Å². The van der Waals surface area contributed by atoms with Crippen LogP contribution in [0, 0.1) is 3.57 Å². The summed E-state index contributed by atoms with van der Waals surface area (Å²) in [5.41, 5.74) is 0. The van der Waals surface area contributed by atoms with Crippen LogP contribution < -0.4 is 4.72 Å². The quantitative estimate of drug-likeness (QED) is 0.769. The third-order valence-electron chi connectivity index (χ3n) is 2.68. The van der Waals surface area contributed by atoms with Crippen molar-refractivity contribution in [2.75, 3.05) is 0 Å². The van der Waals surface area contributed by atoms with E-state index in [-0.39, 0.29) is 10.9 Å². The summed E-state index contributed by atoms with van der Waals surface area (Å²) in [6, 6.07) is 6.38. The SMILES string of the molecule is CCC(NS(=O)(=O)c1ccc(I)cc1)c1ncc[nH]1. The Bertz CT molecular complexity index is 624. The smallest absolute Gasteiger partial charge is 0.241 e. The van der Waals surface area contributed by atoms with Gasteiger partial charge in [0.15, 0.2) is 0 Å². The summed E-state index contributed by atoms with van der Waals surface area (Å²) in [5.74, 6) is 0.622. The van der Waals surface area contributed by atoms with E-state index in [9.17, 15) is 8.42 Å². The van der Waals surface area contributed by atoms with Crippen LogP contribution in [-0.2, 0) is 10.0 Å². The molecule has 1 aromatic heterocycles. The van der Waals surface area contributed by atoms with Gasteiger partial charge in [0.1, 0.15) is 5.82 Å². The zero-order valence-electron chi connectivity index (χ0n) is 10.3. The van der Waals surface area contributed by atoms with Crippen LogP contribution >= 0.6 is 22.6 Å². The molecule has 0 aliphatic heterocycles. The third-order valence-corrected chi connectivity index (χ3v) is 4.89. The van der Waals surface area contributed by atoms with E-state index in [2.05, 4.69) is 37.3 Å². The van der Waals surface area contributed by atoms with Crippen molar-refractivity contribution in [1.29, 1.82) is 0 Å². The second-order valence-corrected chi connectivity index (χ2v) is 6.97. The van der Waals surface area contributed by atoms with Gasteiger partial charge in [-0.1, -0.05) is 6.92 Å². The van der Waals surface area contributed by atoms with Crippen molar-refractivity contribution in [1.82, 2.24) is 14.7 Å². The van der Waals surface area contributed by atoms with Gasteiger partial charge >= 0.3 is 0 Å². The summed E-state index contributed by atoms with van der Waals surface area (Å²) in [4.78, 5) is 7.29. The van der Waals surface area contributed by atoms with Crippen LogP contribution in [-0.4, -0.2) is 18.4 Å². The van der Waals surface area contributed by atoms with E-state index in [0.29, 0.717) is 12.2 Å². The Kier molecular flexibility index (Phi) is 4.58. The largest absolute Gasteiger partial charge is 0.347 e. The van der Waals surface area contributed by atoms with Gasteiger partial charge in [-0.3, -0.25) is 0 Å². The highest BCUT2D eigenvalue weighted by Gasteiger charge is 2.21. The Morgan fingerprint density at radius 3 is 2.58 bits per heavy atom. The van der Waals surface area contributed by atoms with Crippen molar-refractivity contribution >= 4 is 32.6 Å². The third kappa shape index (κ3) is 3.54. The number of rotatable bonds is 5. The Hall–Kier alpha value is -0.930. The van der Waals surface area contributed by atoms with E-state index >= 15 is 0 Å². The average Bonchev–Trinajstić information content (AvgIpc) is 2.90. The fourth-order valence-electron chi connectivity index (χ4n) is 1.67. The molecule has 1 aromatic carbocycles. The number of imidazole rings is 1. The van der Waals surface area contributed by atoms with Crippen molar-refractivity contribution < 1.29 is 8.42 Å². The first-order valence-corrected chi connectivity index (χ1v) is 8.36. The molecule has 2 rings (SSSR count). The molecule has 0 fully saturated rings. The lowest BCUT2D eigenvalue weighted by molar-refractivity contribution is 0.539. The minimum atomic E-state index is -3.53. The van der Waals surface area contributed by atoms with Crippen LogP contribution in [0.1, 0.15) is 25.2 Å². The van der Waals surface area contributed by atoms with Crippen molar-refractivity contribution in [3.8, 4) is 0 Å². The molecule has 2 N–H and O–H groups in total. The molecule has 5 nitrogen and oxygen atoms in total. The normalized spacial score (nSPS) is 13.4. The standard InChI is InChI=1S/C12H14IN3O2S/c1-2-11(12-14-7-8-15-12)16-19(17,18)10-5-3-9(13)4-6-10/h3-8,11,16H,2H2,1H3,(H,14,15). The molecule has 0 aliphatic carbocycles. The van der Waals surface area contributed by atoms with E-state index in [0.717, 1.165) is 3.57 Å². The summed E-state index contributed by atoms with van der Waals surface area (Å²) >= 11 is 2.14. The number of halogens is 1. The van der Waals surface area contributed by atoms with Gasteiger partial charge in [-0.15, -0.1) is 0 Å². The molecule has 1 heterocycles. The highest BCUT2D eigenvalue weighted by atomic mass is 127. The molecule has 0 saturated carbocycles. The van der Waals surface area contributed by atoms with Crippen molar-refractivity contribution in [3.05, 3.63) is 46.1 Å². The van der Waals surface area contributed by atoms with E-state index in [1.165, 1.54) is 0 Å². The van der Waals surface area contributed by atoms with Crippen molar-refractivity contribution in [3.63, 3.8) is 0 Å². The molecular formula is C12H14IN3O2S. The fourth-order valence-corrected chi connectivity index (χ4v) is 3.31. The number of H-pyrrole nitrogens is 1. The summed E-state index contributed by atoms with van der Waals surface area (Å²) in [7, 11) is -3.53. The number of benzene rings is 1. The van der Waals surface area contributed by atoms with Gasteiger partial charge in [-0.25, -0.2) is 18.1 Å². The number of nitrogens with one attached hydrogen (secondary N) is 2. The highest BCUT2D eigenvalue weighted by molar-refractivity contribution is 14.1. The number of hydrogen-bond acceptors (Lipinski definition) is 3. The first-order valence-electron chi connectivity index (χ1n) is 5.80. The van der Waals surface area contributed by atoms with Crippen LogP contribution in [0.3, 0.4) is 0 Å². The average molecular weight is 391 g/mol. The number of aromatic amines is 1. The van der Waals surface area contributed by atoms with Gasteiger partial charge in [-0.05, 0) is 53.3 Å². The summed E-state index contributed by atoms with van der Waals surface area (Å²) in [6.07, 6.45) is 3.91. The number of sulfonamides is 1. The molecule has 2 aromatic rings. The Balaban J connectivity index is 2.23. The predicted octanol–water partition coefficient (Wildman–Crippen LogP) is 2.44. The maximum absolute atomic E-state index is 12.3. The molecule has 102 valence electrons. The fraction of sp³-hybridized carbons (Fsp3) is 0.250. The van der Waals surface area contributed by atoms with Gasteiger partial charge in [0.25, 0.3) is 0 Å². The molecule has 0 amide bonds.